The van der Waals surface area contributed by atoms with Crippen molar-refractivity contribution in [3.8, 4) is 11.1 Å². The number of hydrogen-bond donors (Lipinski definition) is 2. The van der Waals surface area contributed by atoms with Crippen molar-refractivity contribution in [1.82, 2.24) is 5.16 Å². The fraction of sp³-hybridized carbons (Fsp3) is 0.286. The Morgan fingerprint density at radius 2 is 2.00 bits per heavy atom. The summed E-state index contributed by atoms with van der Waals surface area (Å²) in [5.74, 6) is 0.198. The van der Waals surface area contributed by atoms with Gasteiger partial charge in [-0.2, -0.15) is 0 Å². The molecule has 106 valence electrons. The molecule has 0 spiro atoms. The van der Waals surface area contributed by atoms with Gasteiger partial charge in [0, 0.05) is 5.56 Å². The lowest BCUT2D eigenvalue weighted by molar-refractivity contribution is 0.0636. The minimum Gasteiger partial charge on any atom is -0.444 e. The van der Waals surface area contributed by atoms with Gasteiger partial charge in [0.15, 0.2) is 0 Å². The summed E-state index contributed by atoms with van der Waals surface area (Å²) in [6.07, 6.45) is 0.977. The predicted molar refractivity (Wildman–Crippen MR) is 76.2 cm³/mol. The van der Waals surface area contributed by atoms with Crippen LogP contribution in [-0.2, 0) is 4.74 Å². The first-order chi connectivity index (χ1) is 9.37. The molecule has 0 radical (unpaired) electrons. The number of nitrogens with one attached hydrogen (secondary N) is 1. The molecule has 1 aromatic heterocycles. The zero-order valence-electron chi connectivity index (χ0n) is 11.6. The molecule has 1 aromatic carbocycles. The van der Waals surface area contributed by atoms with E-state index in [1.54, 1.807) is 32.9 Å². The molecule has 2 aromatic rings. The SMILES string of the molecule is CC(C)(C)OC(=O)Nc1ccccc1-c1cnoc1N. The second kappa shape index (κ2) is 5.24. The van der Waals surface area contributed by atoms with Gasteiger partial charge in [-0.3, -0.25) is 5.32 Å². The molecule has 2 rings (SSSR count). The Hall–Kier alpha value is -2.50. The van der Waals surface area contributed by atoms with E-state index in [1.807, 2.05) is 12.1 Å². The molecule has 0 fully saturated rings. The molecule has 6 heteroatoms. The minimum absolute atomic E-state index is 0.198. The normalized spacial score (nSPS) is 11.2. The molecular weight excluding hydrogens is 258 g/mol. The number of nitrogen functional groups attached to an aromatic ring is 1. The third-order valence-electron chi connectivity index (χ3n) is 2.45. The summed E-state index contributed by atoms with van der Waals surface area (Å²) >= 11 is 0. The van der Waals surface area contributed by atoms with Gasteiger partial charge < -0.3 is 15.0 Å². The second-order valence-electron chi connectivity index (χ2n) is 5.28. The van der Waals surface area contributed by atoms with Gasteiger partial charge in [-0.15, -0.1) is 0 Å². The van der Waals surface area contributed by atoms with E-state index >= 15 is 0 Å². The molecule has 0 aliphatic rings. The number of carbonyl (C=O) groups is 1. The van der Waals surface area contributed by atoms with Gasteiger partial charge in [0.1, 0.15) is 5.60 Å². The van der Waals surface area contributed by atoms with E-state index in [2.05, 4.69) is 10.5 Å². The monoisotopic (exact) mass is 275 g/mol. The van der Waals surface area contributed by atoms with Crippen molar-refractivity contribution < 1.29 is 14.1 Å². The van der Waals surface area contributed by atoms with Crippen molar-refractivity contribution in [2.75, 3.05) is 11.1 Å². The highest BCUT2D eigenvalue weighted by Gasteiger charge is 2.18. The van der Waals surface area contributed by atoms with Crippen LogP contribution in [0.25, 0.3) is 11.1 Å². The maximum Gasteiger partial charge on any atom is 0.412 e. The Balaban J connectivity index is 2.26. The molecule has 0 aliphatic heterocycles. The average molecular weight is 275 g/mol. The quantitative estimate of drug-likeness (QED) is 0.877. The highest BCUT2D eigenvalue weighted by molar-refractivity contribution is 5.93. The molecule has 0 bridgehead atoms. The first kappa shape index (κ1) is 13.9. The van der Waals surface area contributed by atoms with Crippen LogP contribution in [0.5, 0.6) is 0 Å². The van der Waals surface area contributed by atoms with E-state index in [4.69, 9.17) is 15.0 Å². The first-order valence-electron chi connectivity index (χ1n) is 6.16. The Bertz CT molecular complexity index is 614. The number of ether oxygens (including phenoxy) is 1. The summed E-state index contributed by atoms with van der Waals surface area (Å²) in [6.45, 7) is 5.41. The number of nitrogens with zero attached hydrogens (tertiary/aromatic N) is 1. The lowest BCUT2D eigenvalue weighted by Crippen LogP contribution is -2.27. The van der Waals surface area contributed by atoms with E-state index in [-0.39, 0.29) is 5.88 Å². The number of carbonyl (C=O) groups excluding carboxylic acids is 1. The third kappa shape index (κ3) is 3.28. The zero-order valence-corrected chi connectivity index (χ0v) is 11.6. The number of hydrogen-bond acceptors (Lipinski definition) is 5. The van der Waals surface area contributed by atoms with E-state index in [0.717, 1.165) is 5.56 Å². The largest absolute Gasteiger partial charge is 0.444 e. The van der Waals surface area contributed by atoms with Crippen LogP contribution in [0, 0.1) is 0 Å². The van der Waals surface area contributed by atoms with Crippen molar-refractivity contribution in [3.05, 3.63) is 30.5 Å². The number of nitrogens with two attached hydrogens (primary N) is 1. The molecule has 0 saturated heterocycles. The highest BCUT2D eigenvalue weighted by atomic mass is 16.6. The Morgan fingerprint density at radius 3 is 2.60 bits per heavy atom. The van der Waals surface area contributed by atoms with E-state index in [9.17, 15) is 4.79 Å². The molecule has 1 heterocycles. The van der Waals surface area contributed by atoms with Crippen LogP contribution >= 0.6 is 0 Å². The van der Waals surface area contributed by atoms with Crippen molar-refractivity contribution in [3.63, 3.8) is 0 Å². The molecule has 0 saturated carbocycles. The molecule has 0 atom stereocenters. The summed E-state index contributed by atoms with van der Waals surface area (Å²) in [5.41, 5.74) is 7.06. The number of rotatable bonds is 2. The van der Waals surface area contributed by atoms with Crippen molar-refractivity contribution >= 4 is 17.7 Å². The van der Waals surface area contributed by atoms with Crippen LogP contribution in [0.4, 0.5) is 16.4 Å². The molecular formula is C14H17N3O3. The maximum atomic E-state index is 11.8. The zero-order chi connectivity index (χ0) is 14.8. The van der Waals surface area contributed by atoms with Crippen LogP contribution < -0.4 is 11.1 Å². The van der Waals surface area contributed by atoms with E-state index < -0.39 is 11.7 Å². The Kier molecular flexibility index (Phi) is 3.65. The molecule has 20 heavy (non-hydrogen) atoms. The van der Waals surface area contributed by atoms with Crippen LogP contribution in [0.3, 0.4) is 0 Å². The lowest BCUT2D eigenvalue weighted by Gasteiger charge is -2.20. The standard InChI is InChI=1S/C14H17N3O3/c1-14(2,3)19-13(18)17-11-7-5-4-6-9(11)10-8-16-20-12(10)15/h4-8H,15H2,1-3H3,(H,17,18). The Labute approximate surface area is 116 Å². The van der Waals surface area contributed by atoms with E-state index in [0.29, 0.717) is 11.3 Å². The fourth-order valence-electron chi connectivity index (χ4n) is 1.69. The third-order valence-corrected chi connectivity index (χ3v) is 2.45. The highest BCUT2D eigenvalue weighted by Crippen LogP contribution is 2.32. The molecule has 6 nitrogen and oxygen atoms in total. The van der Waals surface area contributed by atoms with Crippen LogP contribution in [0.1, 0.15) is 20.8 Å². The predicted octanol–water partition coefficient (Wildman–Crippen LogP) is 3.27. The number of aromatic nitrogens is 1. The van der Waals surface area contributed by atoms with Gasteiger partial charge in [0.05, 0.1) is 17.4 Å². The molecule has 3 N–H and O–H groups in total. The van der Waals surface area contributed by atoms with Gasteiger partial charge in [-0.25, -0.2) is 4.79 Å². The lowest BCUT2D eigenvalue weighted by atomic mass is 10.1. The van der Waals surface area contributed by atoms with Gasteiger partial charge in [-0.05, 0) is 26.8 Å². The van der Waals surface area contributed by atoms with Gasteiger partial charge in [0.2, 0.25) is 5.88 Å². The topological polar surface area (TPSA) is 90.4 Å². The molecule has 0 aliphatic carbocycles. The first-order valence-corrected chi connectivity index (χ1v) is 6.16. The fourth-order valence-corrected chi connectivity index (χ4v) is 1.69. The summed E-state index contributed by atoms with van der Waals surface area (Å²) < 4.78 is 10.1. The number of para-hydroxylation sites is 1. The summed E-state index contributed by atoms with van der Waals surface area (Å²) in [7, 11) is 0. The van der Waals surface area contributed by atoms with Crippen molar-refractivity contribution in [1.29, 1.82) is 0 Å². The second-order valence-corrected chi connectivity index (χ2v) is 5.28. The Morgan fingerprint density at radius 1 is 1.30 bits per heavy atom. The van der Waals surface area contributed by atoms with Crippen LogP contribution in [-0.4, -0.2) is 16.9 Å². The van der Waals surface area contributed by atoms with Crippen molar-refractivity contribution in [2.24, 2.45) is 0 Å². The van der Waals surface area contributed by atoms with Crippen LogP contribution in [0.2, 0.25) is 0 Å². The average Bonchev–Trinajstić information content (AvgIpc) is 2.73. The number of anilines is 2. The smallest absolute Gasteiger partial charge is 0.412 e. The number of amides is 1. The van der Waals surface area contributed by atoms with Crippen LogP contribution in [0.15, 0.2) is 35.0 Å². The maximum absolute atomic E-state index is 11.8. The molecule has 1 amide bonds. The summed E-state index contributed by atoms with van der Waals surface area (Å²) in [5, 5.41) is 6.33. The summed E-state index contributed by atoms with van der Waals surface area (Å²) in [4.78, 5) is 11.8. The van der Waals surface area contributed by atoms with Gasteiger partial charge in [-0.1, -0.05) is 23.4 Å². The minimum atomic E-state index is -0.560. The van der Waals surface area contributed by atoms with Gasteiger partial charge in [0.25, 0.3) is 0 Å². The van der Waals surface area contributed by atoms with Crippen molar-refractivity contribution in [2.45, 2.75) is 26.4 Å². The van der Waals surface area contributed by atoms with Gasteiger partial charge >= 0.3 is 6.09 Å². The molecule has 0 unspecified atom stereocenters. The number of benzene rings is 1. The van der Waals surface area contributed by atoms with E-state index in [1.165, 1.54) is 6.20 Å². The summed E-state index contributed by atoms with van der Waals surface area (Å²) in [6, 6.07) is 7.21.